The molecule has 2 heterocycles. The van der Waals surface area contributed by atoms with Gasteiger partial charge < -0.3 is 9.09 Å². The summed E-state index contributed by atoms with van der Waals surface area (Å²) in [7, 11) is 0. The van der Waals surface area contributed by atoms with Crippen molar-refractivity contribution in [2.24, 2.45) is 0 Å². The Morgan fingerprint density at radius 3 is 2.85 bits per heavy atom. The van der Waals surface area contributed by atoms with Gasteiger partial charge in [-0.15, -0.1) is 0 Å². The Balaban J connectivity index is 2.19. The monoisotopic (exact) mass is 177 g/mol. The molecule has 0 aliphatic carbocycles. The highest BCUT2D eigenvalue weighted by Gasteiger charge is 2.02. The third-order valence-electron chi connectivity index (χ3n) is 1.93. The number of hydrogen-bond acceptors (Lipinski definition) is 3. The fourth-order valence-corrected chi connectivity index (χ4v) is 1.23. The fraction of sp³-hybridized carbons (Fsp3) is 0.333. The van der Waals surface area contributed by atoms with Crippen molar-refractivity contribution in [1.29, 1.82) is 0 Å². The van der Waals surface area contributed by atoms with Gasteiger partial charge in [-0.05, 0) is 13.8 Å². The molecule has 0 unspecified atom stereocenters. The summed E-state index contributed by atoms with van der Waals surface area (Å²) in [5.41, 5.74) is 0.910. The molecule has 2 aromatic rings. The zero-order valence-electron chi connectivity index (χ0n) is 7.69. The molecule has 0 aromatic carbocycles. The van der Waals surface area contributed by atoms with Gasteiger partial charge in [-0.1, -0.05) is 5.16 Å². The number of aromatic nitrogens is 3. The van der Waals surface area contributed by atoms with Gasteiger partial charge in [-0.25, -0.2) is 4.98 Å². The summed E-state index contributed by atoms with van der Waals surface area (Å²) in [6.07, 6.45) is 3.70. The van der Waals surface area contributed by atoms with Crippen LogP contribution in [0.5, 0.6) is 0 Å². The molecule has 0 fully saturated rings. The van der Waals surface area contributed by atoms with Crippen molar-refractivity contribution < 1.29 is 4.52 Å². The first-order chi connectivity index (χ1) is 6.25. The predicted molar refractivity (Wildman–Crippen MR) is 47.3 cm³/mol. The normalized spacial score (nSPS) is 10.6. The van der Waals surface area contributed by atoms with Gasteiger partial charge in [0.05, 0.1) is 12.2 Å². The van der Waals surface area contributed by atoms with Gasteiger partial charge in [-0.3, -0.25) is 0 Å². The van der Waals surface area contributed by atoms with Crippen molar-refractivity contribution in [3.63, 3.8) is 0 Å². The molecule has 0 saturated heterocycles. The van der Waals surface area contributed by atoms with Crippen molar-refractivity contribution in [3.05, 3.63) is 35.7 Å². The van der Waals surface area contributed by atoms with Crippen LogP contribution in [0.2, 0.25) is 0 Å². The molecule has 13 heavy (non-hydrogen) atoms. The van der Waals surface area contributed by atoms with E-state index in [1.807, 2.05) is 30.7 Å². The van der Waals surface area contributed by atoms with Gasteiger partial charge >= 0.3 is 0 Å². The summed E-state index contributed by atoms with van der Waals surface area (Å²) in [6, 6.07) is 1.93. The Morgan fingerprint density at radius 1 is 1.46 bits per heavy atom. The first kappa shape index (κ1) is 8.04. The van der Waals surface area contributed by atoms with Gasteiger partial charge in [0.2, 0.25) is 0 Å². The molecule has 0 aliphatic rings. The van der Waals surface area contributed by atoms with E-state index in [9.17, 15) is 0 Å². The molecule has 0 N–H and O–H groups in total. The molecule has 0 saturated carbocycles. The fourth-order valence-electron chi connectivity index (χ4n) is 1.23. The molecule has 0 spiro atoms. The second-order valence-corrected chi connectivity index (χ2v) is 3.04. The SMILES string of the molecule is Cc1cc(Cn2ccnc2C)on1. The molecule has 2 rings (SSSR count). The molecule has 0 aliphatic heterocycles. The van der Waals surface area contributed by atoms with Gasteiger partial charge in [0.15, 0.2) is 5.76 Å². The number of hydrogen-bond donors (Lipinski definition) is 0. The second-order valence-electron chi connectivity index (χ2n) is 3.04. The standard InChI is InChI=1S/C9H11N3O/c1-7-5-9(13-11-7)6-12-4-3-10-8(12)2/h3-5H,6H2,1-2H3. The van der Waals surface area contributed by atoms with Crippen LogP contribution in [-0.2, 0) is 6.54 Å². The number of aryl methyl sites for hydroxylation is 2. The molecule has 68 valence electrons. The largest absolute Gasteiger partial charge is 0.359 e. The summed E-state index contributed by atoms with van der Waals surface area (Å²) >= 11 is 0. The highest BCUT2D eigenvalue weighted by molar-refractivity contribution is 5.05. The van der Waals surface area contributed by atoms with Crippen LogP contribution in [-0.4, -0.2) is 14.7 Å². The molecule has 4 nitrogen and oxygen atoms in total. The topological polar surface area (TPSA) is 43.9 Å². The molecular formula is C9H11N3O. The zero-order chi connectivity index (χ0) is 9.26. The lowest BCUT2D eigenvalue weighted by Gasteiger charge is -1.99. The average Bonchev–Trinajstić information content (AvgIpc) is 2.64. The van der Waals surface area contributed by atoms with Crippen LogP contribution in [0.25, 0.3) is 0 Å². The van der Waals surface area contributed by atoms with Crippen molar-refractivity contribution >= 4 is 0 Å². The minimum atomic E-state index is 0.701. The molecule has 0 radical (unpaired) electrons. The van der Waals surface area contributed by atoms with Crippen LogP contribution in [0, 0.1) is 13.8 Å². The van der Waals surface area contributed by atoms with E-state index in [0.717, 1.165) is 17.3 Å². The maximum absolute atomic E-state index is 5.09. The maximum atomic E-state index is 5.09. The van der Waals surface area contributed by atoms with E-state index in [4.69, 9.17) is 4.52 Å². The molecule has 0 amide bonds. The van der Waals surface area contributed by atoms with Crippen LogP contribution < -0.4 is 0 Å². The van der Waals surface area contributed by atoms with E-state index in [-0.39, 0.29) is 0 Å². The van der Waals surface area contributed by atoms with Gasteiger partial charge in [0.25, 0.3) is 0 Å². The summed E-state index contributed by atoms with van der Waals surface area (Å²) in [5.74, 6) is 1.84. The Bertz CT molecular complexity index is 402. The lowest BCUT2D eigenvalue weighted by Crippen LogP contribution is -1.99. The van der Waals surface area contributed by atoms with Crippen LogP contribution in [0.4, 0.5) is 0 Å². The van der Waals surface area contributed by atoms with Crippen molar-refractivity contribution in [2.75, 3.05) is 0 Å². The van der Waals surface area contributed by atoms with E-state index in [1.54, 1.807) is 6.20 Å². The lowest BCUT2D eigenvalue weighted by molar-refractivity contribution is 0.372. The van der Waals surface area contributed by atoms with E-state index in [0.29, 0.717) is 6.54 Å². The Labute approximate surface area is 76.2 Å². The average molecular weight is 177 g/mol. The van der Waals surface area contributed by atoms with E-state index in [1.165, 1.54) is 0 Å². The Morgan fingerprint density at radius 2 is 2.31 bits per heavy atom. The quantitative estimate of drug-likeness (QED) is 0.698. The van der Waals surface area contributed by atoms with Crippen molar-refractivity contribution in [1.82, 2.24) is 14.7 Å². The van der Waals surface area contributed by atoms with Crippen molar-refractivity contribution in [2.45, 2.75) is 20.4 Å². The maximum Gasteiger partial charge on any atom is 0.156 e. The van der Waals surface area contributed by atoms with Crippen LogP contribution in [0.1, 0.15) is 17.3 Å². The predicted octanol–water partition coefficient (Wildman–Crippen LogP) is 1.54. The van der Waals surface area contributed by atoms with E-state index < -0.39 is 0 Å². The number of nitrogens with zero attached hydrogens (tertiary/aromatic N) is 3. The summed E-state index contributed by atoms with van der Waals surface area (Å²) in [5, 5.41) is 3.82. The van der Waals surface area contributed by atoms with E-state index in [2.05, 4.69) is 10.1 Å². The highest BCUT2D eigenvalue weighted by atomic mass is 16.5. The number of imidazole rings is 1. The first-order valence-corrected chi connectivity index (χ1v) is 4.15. The second kappa shape index (κ2) is 3.05. The van der Waals surface area contributed by atoms with Gasteiger partial charge in [0, 0.05) is 18.5 Å². The molecule has 0 atom stereocenters. The summed E-state index contributed by atoms with van der Waals surface area (Å²) in [4.78, 5) is 4.12. The Kier molecular flexibility index (Phi) is 1.88. The minimum absolute atomic E-state index is 0.701. The third-order valence-corrected chi connectivity index (χ3v) is 1.93. The summed E-state index contributed by atoms with van der Waals surface area (Å²) in [6.45, 7) is 4.57. The molecule has 4 heteroatoms. The molecule has 2 aromatic heterocycles. The van der Waals surface area contributed by atoms with Crippen LogP contribution in [0.15, 0.2) is 23.0 Å². The zero-order valence-corrected chi connectivity index (χ0v) is 7.69. The molecular weight excluding hydrogens is 166 g/mol. The minimum Gasteiger partial charge on any atom is -0.359 e. The highest BCUT2D eigenvalue weighted by Crippen LogP contribution is 2.06. The first-order valence-electron chi connectivity index (χ1n) is 4.15. The smallest absolute Gasteiger partial charge is 0.156 e. The summed E-state index contributed by atoms with van der Waals surface area (Å²) < 4.78 is 7.11. The van der Waals surface area contributed by atoms with Crippen LogP contribution >= 0.6 is 0 Å². The Hall–Kier alpha value is -1.58. The van der Waals surface area contributed by atoms with Gasteiger partial charge in [-0.2, -0.15) is 0 Å². The number of rotatable bonds is 2. The molecule has 0 bridgehead atoms. The lowest BCUT2D eigenvalue weighted by atomic mass is 10.4. The van der Waals surface area contributed by atoms with Crippen LogP contribution in [0.3, 0.4) is 0 Å². The van der Waals surface area contributed by atoms with E-state index >= 15 is 0 Å². The van der Waals surface area contributed by atoms with Crippen molar-refractivity contribution in [3.8, 4) is 0 Å². The third kappa shape index (κ3) is 1.61. The van der Waals surface area contributed by atoms with Gasteiger partial charge in [0.1, 0.15) is 5.82 Å².